The molecule has 0 bridgehead atoms. The Balaban J connectivity index is 2.54. The molecule has 0 radical (unpaired) electrons. The SMILES string of the molecule is CC(=O)c1ccc(S(=O)(=O)NCC(=O)OCC(=O)NC(C)C)cc1. The number of carbonyl (C=O) groups is 3. The van der Waals surface area contributed by atoms with Crippen LogP contribution in [0.3, 0.4) is 0 Å². The number of Topliss-reactive ketones (excluding diaryl/α,β-unsaturated/α-hetero) is 1. The normalized spacial score (nSPS) is 11.2. The molecule has 0 heterocycles. The van der Waals surface area contributed by atoms with E-state index >= 15 is 0 Å². The summed E-state index contributed by atoms with van der Waals surface area (Å²) < 4.78 is 30.8. The summed E-state index contributed by atoms with van der Waals surface area (Å²) in [7, 11) is -3.92. The van der Waals surface area contributed by atoms with Crippen molar-refractivity contribution in [1.29, 1.82) is 0 Å². The monoisotopic (exact) mass is 356 g/mol. The minimum absolute atomic E-state index is 0.0853. The number of hydrogen-bond donors (Lipinski definition) is 2. The van der Waals surface area contributed by atoms with E-state index in [1.165, 1.54) is 31.2 Å². The van der Waals surface area contributed by atoms with Crippen LogP contribution in [-0.2, 0) is 24.3 Å². The van der Waals surface area contributed by atoms with Gasteiger partial charge in [-0.3, -0.25) is 14.4 Å². The average molecular weight is 356 g/mol. The first-order valence-corrected chi connectivity index (χ1v) is 8.66. The molecule has 0 fully saturated rings. The Morgan fingerprint density at radius 3 is 2.21 bits per heavy atom. The maximum atomic E-state index is 12.0. The lowest BCUT2D eigenvalue weighted by molar-refractivity contribution is -0.147. The van der Waals surface area contributed by atoms with Crippen LogP contribution in [0.5, 0.6) is 0 Å². The highest BCUT2D eigenvalue weighted by atomic mass is 32.2. The van der Waals surface area contributed by atoms with E-state index in [9.17, 15) is 22.8 Å². The van der Waals surface area contributed by atoms with E-state index in [2.05, 4.69) is 14.8 Å². The third-order valence-electron chi connectivity index (χ3n) is 2.79. The molecule has 0 aliphatic rings. The van der Waals surface area contributed by atoms with Crippen molar-refractivity contribution in [2.24, 2.45) is 0 Å². The lowest BCUT2D eigenvalue weighted by Crippen LogP contribution is -2.36. The minimum Gasteiger partial charge on any atom is -0.455 e. The number of esters is 1. The van der Waals surface area contributed by atoms with E-state index in [1.807, 2.05) is 0 Å². The molecule has 0 saturated heterocycles. The van der Waals surface area contributed by atoms with Crippen LogP contribution in [-0.4, -0.2) is 45.3 Å². The molecule has 1 rings (SSSR count). The second-order valence-corrected chi connectivity index (χ2v) is 7.05. The van der Waals surface area contributed by atoms with Crippen molar-refractivity contribution in [2.75, 3.05) is 13.2 Å². The summed E-state index contributed by atoms with van der Waals surface area (Å²) in [6.07, 6.45) is 0. The average Bonchev–Trinajstić information content (AvgIpc) is 2.50. The summed E-state index contributed by atoms with van der Waals surface area (Å²) in [5.41, 5.74) is 0.379. The van der Waals surface area contributed by atoms with Crippen molar-refractivity contribution in [1.82, 2.24) is 10.0 Å². The largest absolute Gasteiger partial charge is 0.455 e. The molecule has 0 saturated carbocycles. The van der Waals surface area contributed by atoms with Gasteiger partial charge in [-0.05, 0) is 32.9 Å². The van der Waals surface area contributed by atoms with Crippen LogP contribution < -0.4 is 10.0 Å². The van der Waals surface area contributed by atoms with E-state index in [-0.39, 0.29) is 16.7 Å². The van der Waals surface area contributed by atoms with Crippen LogP contribution in [0, 0.1) is 0 Å². The van der Waals surface area contributed by atoms with E-state index < -0.39 is 35.1 Å². The molecule has 0 atom stereocenters. The molecule has 1 aromatic carbocycles. The molecule has 24 heavy (non-hydrogen) atoms. The first-order valence-electron chi connectivity index (χ1n) is 7.17. The Morgan fingerprint density at radius 2 is 1.71 bits per heavy atom. The van der Waals surface area contributed by atoms with Crippen molar-refractivity contribution in [3.8, 4) is 0 Å². The van der Waals surface area contributed by atoms with Gasteiger partial charge in [0.1, 0.15) is 6.54 Å². The Labute approximate surface area is 140 Å². The lowest BCUT2D eigenvalue weighted by Gasteiger charge is -2.09. The van der Waals surface area contributed by atoms with Crippen molar-refractivity contribution < 1.29 is 27.5 Å². The van der Waals surface area contributed by atoms with Gasteiger partial charge < -0.3 is 10.1 Å². The molecule has 0 spiro atoms. The number of carbonyl (C=O) groups excluding carboxylic acids is 3. The molecule has 1 amide bonds. The second-order valence-electron chi connectivity index (χ2n) is 5.29. The summed E-state index contributed by atoms with van der Waals surface area (Å²) in [6.45, 7) is 3.79. The van der Waals surface area contributed by atoms with Crippen LogP contribution in [0.1, 0.15) is 31.1 Å². The standard InChI is InChI=1S/C15H20N2O6S/c1-10(2)17-14(19)9-23-15(20)8-16-24(21,22)13-6-4-12(5-7-13)11(3)18/h4-7,10,16H,8-9H2,1-3H3,(H,17,19). The van der Waals surface area contributed by atoms with Gasteiger partial charge in [0.15, 0.2) is 12.4 Å². The molecule has 0 aliphatic heterocycles. The van der Waals surface area contributed by atoms with E-state index in [0.29, 0.717) is 5.56 Å². The predicted octanol–water partition coefficient (Wildman–Crippen LogP) is 0.235. The number of hydrogen-bond acceptors (Lipinski definition) is 6. The fourth-order valence-electron chi connectivity index (χ4n) is 1.67. The topological polar surface area (TPSA) is 119 Å². The van der Waals surface area contributed by atoms with Crippen molar-refractivity contribution >= 4 is 27.7 Å². The smallest absolute Gasteiger partial charge is 0.321 e. The lowest BCUT2D eigenvalue weighted by atomic mass is 10.2. The van der Waals surface area contributed by atoms with E-state index in [1.54, 1.807) is 13.8 Å². The first kappa shape index (κ1) is 19.8. The van der Waals surface area contributed by atoms with Crippen LogP contribution >= 0.6 is 0 Å². The highest BCUT2D eigenvalue weighted by molar-refractivity contribution is 7.89. The van der Waals surface area contributed by atoms with Gasteiger partial charge in [-0.2, -0.15) is 4.72 Å². The Hall–Kier alpha value is -2.26. The van der Waals surface area contributed by atoms with Gasteiger partial charge in [0.2, 0.25) is 10.0 Å². The number of rotatable bonds is 8. The number of ether oxygens (including phenoxy) is 1. The molecule has 132 valence electrons. The first-order chi connectivity index (χ1) is 11.1. The molecular weight excluding hydrogens is 336 g/mol. The fraction of sp³-hybridized carbons (Fsp3) is 0.400. The minimum atomic E-state index is -3.92. The van der Waals surface area contributed by atoms with Gasteiger partial charge in [-0.1, -0.05) is 12.1 Å². The van der Waals surface area contributed by atoms with Gasteiger partial charge in [0, 0.05) is 11.6 Å². The molecular formula is C15H20N2O6S. The van der Waals surface area contributed by atoms with Gasteiger partial charge in [0.05, 0.1) is 4.90 Å². The second kappa shape index (κ2) is 8.55. The molecule has 0 aromatic heterocycles. The summed E-state index contributed by atoms with van der Waals surface area (Å²) in [4.78, 5) is 33.9. The number of sulfonamides is 1. The van der Waals surface area contributed by atoms with Gasteiger partial charge in [-0.25, -0.2) is 8.42 Å². The summed E-state index contributed by atoms with van der Waals surface area (Å²) in [6, 6.07) is 5.20. The molecule has 0 aliphatic carbocycles. The zero-order valence-electron chi connectivity index (χ0n) is 13.7. The number of ketones is 1. The van der Waals surface area contributed by atoms with Crippen LogP contribution in [0.4, 0.5) is 0 Å². The molecule has 1 aromatic rings. The number of benzene rings is 1. The van der Waals surface area contributed by atoms with Crippen LogP contribution in [0.25, 0.3) is 0 Å². The molecule has 0 unspecified atom stereocenters. The molecule has 8 nitrogen and oxygen atoms in total. The quantitative estimate of drug-likeness (QED) is 0.509. The van der Waals surface area contributed by atoms with Gasteiger partial charge in [0.25, 0.3) is 5.91 Å². The zero-order chi connectivity index (χ0) is 18.3. The van der Waals surface area contributed by atoms with Crippen LogP contribution in [0.2, 0.25) is 0 Å². The third kappa shape index (κ3) is 6.47. The highest BCUT2D eigenvalue weighted by Gasteiger charge is 2.17. The zero-order valence-corrected chi connectivity index (χ0v) is 14.5. The summed E-state index contributed by atoms with van der Waals surface area (Å²) >= 11 is 0. The third-order valence-corrected chi connectivity index (χ3v) is 4.21. The van der Waals surface area contributed by atoms with Gasteiger partial charge in [-0.15, -0.1) is 0 Å². The summed E-state index contributed by atoms with van der Waals surface area (Å²) in [5.74, 6) is -1.53. The number of nitrogens with one attached hydrogen (secondary N) is 2. The Kier molecular flexibility index (Phi) is 7.05. The highest BCUT2D eigenvalue weighted by Crippen LogP contribution is 2.10. The van der Waals surface area contributed by atoms with Crippen molar-refractivity contribution in [2.45, 2.75) is 31.7 Å². The van der Waals surface area contributed by atoms with E-state index in [0.717, 1.165) is 0 Å². The van der Waals surface area contributed by atoms with E-state index in [4.69, 9.17) is 0 Å². The van der Waals surface area contributed by atoms with Crippen molar-refractivity contribution in [3.63, 3.8) is 0 Å². The Bertz CT molecular complexity index is 710. The summed E-state index contributed by atoms with van der Waals surface area (Å²) in [5, 5.41) is 2.53. The van der Waals surface area contributed by atoms with Gasteiger partial charge >= 0.3 is 5.97 Å². The maximum absolute atomic E-state index is 12.0. The predicted molar refractivity (Wildman–Crippen MR) is 85.9 cm³/mol. The molecule has 2 N–H and O–H groups in total. The molecule has 9 heteroatoms. The fourth-order valence-corrected chi connectivity index (χ4v) is 2.64. The maximum Gasteiger partial charge on any atom is 0.321 e. The number of amides is 1. The van der Waals surface area contributed by atoms with Crippen molar-refractivity contribution in [3.05, 3.63) is 29.8 Å². The Morgan fingerprint density at radius 1 is 1.12 bits per heavy atom. The van der Waals surface area contributed by atoms with Crippen LogP contribution in [0.15, 0.2) is 29.2 Å².